The highest BCUT2D eigenvalue weighted by molar-refractivity contribution is 5.35. The van der Waals surface area contributed by atoms with Gasteiger partial charge in [0.25, 0.3) is 6.43 Å². The molecule has 1 aliphatic rings. The monoisotopic (exact) mass is 299 g/mol. The Balaban J connectivity index is 1.81. The van der Waals surface area contributed by atoms with Gasteiger partial charge in [0.15, 0.2) is 0 Å². The number of nitrogens with zero attached hydrogens (tertiary/aromatic N) is 1. The van der Waals surface area contributed by atoms with Crippen molar-refractivity contribution in [3.05, 3.63) is 29.3 Å². The molecule has 1 aliphatic carbocycles. The average Bonchev–Trinajstić information content (AvgIpc) is 3.20. The highest BCUT2D eigenvalue weighted by Crippen LogP contribution is 2.27. The summed E-state index contributed by atoms with van der Waals surface area (Å²) in [4.78, 5) is 1.67. The molecular formula is C16H23F2NO2. The highest BCUT2D eigenvalue weighted by atomic mass is 19.3. The number of rotatable bonds is 8. The fourth-order valence-electron chi connectivity index (χ4n) is 2.46. The predicted molar refractivity (Wildman–Crippen MR) is 78.0 cm³/mol. The third-order valence-electron chi connectivity index (χ3n) is 3.64. The van der Waals surface area contributed by atoms with Gasteiger partial charge in [-0.2, -0.15) is 0 Å². The van der Waals surface area contributed by atoms with Crippen LogP contribution in [0, 0.1) is 13.8 Å². The van der Waals surface area contributed by atoms with E-state index in [9.17, 15) is 13.9 Å². The minimum atomic E-state index is -2.36. The van der Waals surface area contributed by atoms with Crippen LogP contribution >= 0.6 is 0 Å². The molecule has 0 aromatic heterocycles. The molecule has 0 amide bonds. The molecule has 1 fully saturated rings. The highest BCUT2D eigenvalue weighted by Gasteiger charge is 2.31. The van der Waals surface area contributed by atoms with Crippen molar-refractivity contribution in [1.29, 1.82) is 0 Å². The maximum absolute atomic E-state index is 12.5. The third-order valence-corrected chi connectivity index (χ3v) is 3.64. The summed E-state index contributed by atoms with van der Waals surface area (Å²) in [5, 5.41) is 10.0. The Kier molecular flexibility index (Phi) is 5.53. The van der Waals surface area contributed by atoms with Crippen LogP contribution in [0.3, 0.4) is 0 Å². The molecule has 2 rings (SSSR count). The number of aliphatic hydroxyl groups excluding tert-OH is 1. The first-order valence-corrected chi connectivity index (χ1v) is 7.36. The first kappa shape index (κ1) is 16.2. The summed E-state index contributed by atoms with van der Waals surface area (Å²) in [6.07, 6.45) is -1.24. The Labute approximate surface area is 124 Å². The Morgan fingerprint density at radius 3 is 2.57 bits per heavy atom. The minimum Gasteiger partial charge on any atom is -0.491 e. The summed E-state index contributed by atoms with van der Waals surface area (Å²) in [6, 6.07) is 6.03. The number of hydrogen-bond acceptors (Lipinski definition) is 3. The molecule has 3 nitrogen and oxygen atoms in total. The molecule has 0 bridgehead atoms. The van der Waals surface area contributed by atoms with Gasteiger partial charge in [-0.3, -0.25) is 4.90 Å². The number of aryl methyl sites for hydroxylation is 2. The molecule has 1 aromatic carbocycles. The van der Waals surface area contributed by atoms with Crippen molar-refractivity contribution in [3.63, 3.8) is 0 Å². The van der Waals surface area contributed by atoms with E-state index < -0.39 is 12.5 Å². The number of hydrogen-bond donors (Lipinski definition) is 1. The molecule has 1 aromatic rings. The molecule has 0 saturated heterocycles. The van der Waals surface area contributed by atoms with E-state index in [1.54, 1.807) is 4.90 Å². The number of benzene rings is 1. The Hall–Kier alpha value is -1.20. The zero-order chi connectivity index (χ0) is 15.4. The molecule has 0 spiro atoms. The van der Waals surface area contributed by atoms with Crippen molar-refractivity contribution >= 4 is 0 Å². The second-order valence-corrected chi connectivity index (χ2v) is 5.81. The van der Waals surface area contributed by atoms with E-state index in [0.717, 1.165) is 29.7 Å². The van der Waals surface area contributed by atoms with Gasteiger partial charge in [0, 0.05) is 12.6 Å². The van der Waals surface area contributed by atoms with Gasteiger partial charge in [-0.25, -0.2) is 8.78 Å². The molecule has 1 saturated carbocycles. The van der Waals surface area contributed by atoms with Gasteiger partial charge in [-0.1, -0.05) is 17.7 Å². The van der Waals surface area contributed by atoms with Gasteiger partial charge in [0.05, 0.1) is 6.54 Å². The molecule has 1 unspecified atom stereocenters. The van der Waals surface area contributed by atoms with Crippen LogP contribution in [0.15, 0.2) is 18.2 Å². The lowest BCUT2D eigenvalue weighted by Crippen LogP contribution is -2.39. The van der Waals surface area contributed by atoms with Gasteiger partial charge in [0.1, 0.15) is 18.5 Å². The topological polar surface area (TPSA) is 32.7 Å². The van der Waals surface area contributed by atoms with Gasteiger partial charge in [0.2, 0.25) is 0 Å². The van der Waals surface area contributed by atoms with Crippen LogP contribution in [0.5, 0.6) is 5.75 Å². The average molecular weight is 299 g/mol. The van der Waals surface area contributed by atoms with Crippen molar-refractivity contribution in [2.75, 3.05) is 19.7 Å². The van der Waals surface area contributed by atoms with Gasteiger partial charge in [-0.05, 0) is 38.3 Å². The smallest absolute Gasteiger partial charge is 0.251 e. The fraction of sp³-hybridized carbons (Fsp3) is 0.625. The van der Waals surface area contributed by atoms with Crippen molar-refractivity contribution < 1.29 is 18.6 Å². The van der Waals surface area contributed by atoms with Crippen LogP contribution in [0.25, 0.3) is 0 Å². The summed E-state index contributed by atoms with van der Waals surface area (Å²) in [5.74, 6) is 0.728. The summed E-state index contributed by atoms with van der Waals surface area (Å²) in [5.41, 5.74) is 2.16. The first-order valence-electron chi connectivity index (χ1n) is 7.36. The second-order valence-electron chi connectivity index (χ2n) is 5.81. The summed E-state index contributed by atoms with van der Waals surface area (Å²) in [7, 11) is 0. The lowest BCUT2D eigenvalue weighted by atomic mass is 10.1. The SMILES string of the molecule is Cc1ccc(OCC(O)CN(CC(F)F)C2CC2)c(C)c1. The van der Waals surface area contributed by atoms with Crippen molar-refractivity contribution in [2.24, 2.45) is 0 Å². The number of alkyl halides is 2. The molecule has 0 heterocycles. The molecule has 21 heavy (non-hydrogen) atoms. The van der Waals surface area contributed by atoms with Crippen LogP contribution in [0.1, 0.15) is 24.0 Å². The van der Waals surface area contributed by atoms with Gasteiger partial charge >= 0.3 is 0 Å². The molecule has 1 atom stereocenters. The van der Waals surface area contributed by atoms with Crippen LogP contribution in [-0.4, -0.2) is 48.3 Å². The zero-order valence-electron chi connectivity index (χ0n) is 12.6. The minimum absolute atomic E-state index is 0.121. The van der Waals surface area contributed by atoms with Crippen LogP contribution in [-0.2, 0) is 0 Å². The second kappa shape index (κ2) is 7.18. The lowest BCUT2D eigenvalue weighted by Gasteiger charge is -2.24. The van der Waals surface area contributed by atoms with Crippen LogP contribution in [0.4, 0.5) is 8.78 Å². The number of halogens is 2. The van der Waals surface area contributed by atoms with Gasteiger partial charge in [-0.15, -0.1) is 0 Å². The first-order chi connectivity index (χ1) is 9.95. The van der Waals surface area contributed by atoms with E-state index in [2.05, 4.69) is 0 Å². The Bertz CT molecular complexity index is 464. The number of ether oxygens (including phenoxy) is 1. The quantitative estimate of drug-likeness (QED) is 0.801. The van der Waals surface area contributed by atoms with E-state index in [0.29, 0.717) is 0 Å². The third kappa shape index (κ3) is 5.25. The molecule has 118 valence electrons. The molecular weight excluding hydrogens is 276 g/mol. The van der Waals surface area contributed by atoms with Crippen molar-refractivity contribution in [1.82, 2.24) is 4.90 Å². The van der Waals surface area contributed by atoms with Gasteiger partial charge < -0.3 is 9.84 Å². The normalized spacial score (nSPS) is 16.5. The maximum atomic E-state index is 12.5. The summed E-state index contributed by atoms with van der Waals surface area (Å²) in [6.45, 7) is 4.03. The van der Waals surface area contributed by atoms with Crippen molar-refractivity contribution in [2.45, 2.75) is 45.3 Å². The standard InChI is InChI=1S/C16H23F2NO2/c1-11-3-6-15(12(2)7-11)21-10-14(20)8-19(9-16(17)18)13-4-5-13/h3,6-7,13-14,16,20H,4-5,8-10H2,1-2H3. The van der Waals surface area contributed by atoms with E-state index in [1.807, 2.05) is 32.0 Å². The lowest BCUT2D eigenvalue weighted by molar-refractivity contribution is 0.0326. The van der Waals surface area contributed by atoms with E-state index >= 15 is 0 Å². The van der Waals surface area contributed by atoms with E-state index in [4.69, 9.17) is 4.74 Å². The maximum Gasteiger partial charge on any atom is 0.251 e. The van der Waals surface area contributed by atoms with Crippen LogP contribution < -0.4 is 4.74 Å². The summed E-state index contributed by atoms with van der Waals surface area (Å²) >= 11 is 0. The largest absolute Gasteiger partial charge is 0.491 e. The van der Waals surface area contributed by atoms with E-state index in [1.165, 1.54) is 0 Å². The number of aliphatic hydroxyl groups is 1. The van der Waals surface area contributed by atoms with Crippen LogP contribution in [0.2, 0.25) is 0 Å². The Morgan fingerprint density at radius 2 is 2.00 bits per heavy atom. The fourth-order valence-corrected chi connectivity index (χ4v) is 2.46. The summed E-state index contributed by atoms with van der Waals surface area (Å²) < 4.78 is 30.6. The molecule has 0 aliphatic heterocycles. The predicted octanol–water partition coefficient (Wildman–Crippen LogP) is 2.77. The molecule has 0 radical (unpaired) electrons. The molecule has 1 N–H and O–H groups in total. The zero-order valence-corrected chi connectivity index (χ0v) is 12.6. The van der Waals surface area contributed by atoms with E-state index in [-0.39, 0.29) is 25.7 Å². The van der Waals surface area contributed by atoms with Crippen molar-refractivity contribution in [3.8, 4) is 5.75 Å². The molecule has 5 heteroatoms. The Morgan fingerprint density at radius 1 is 1.29 bits per heavy atom.